The molecule has 31 heavy (non-hydrogen) atoms. The number of ether oxygens (including phenoxy) is 1. The maximum Gasteiger partial charge on any atom is 0.247 e. The predicted molar refractivity (Wildman–Crippen MR) is 123 cm³/mol. The van der Waals surface area contributed by atoms with Gasteiger partial charge in [-0.25, -0.2) is 0 Å². The Hall–Kier alpha value is -3.60. The summed E-state index contributed by atoms with van der Waals surface area (Å²) in [7, 11) is 0. The Morgan fingerprint density at radius 3 is 1.97 bits per heavy atom. The van der Waals surface area contributed by atoms with Crippen molar-refractivity contribution in [3.8, 4) is 5.75 Å². The number of hydrogen-bond donors (Lipinski definition) is 2. The van der Waals surface area contributed by atoms with Crippen LogP contribution in [0.25, 0.3) is 0 Å². The minimum Gasteiger partial charge on any atom is -0.489 e. The van der Waals surface area contributed by atoms with Crippen LogP contribution in [0.5, 0.6) is 5.75 Å². The van der Waals surface area contributed by atoms with E-state index in [0.717, 1.165) is 16.9 Å². The van der Waals surface area contributed by atoms with E-state index in [4.69, 9.17) is 4.74 Å². The highest BCUT2D eigenvalue weighted by Gasteiger charge is 2.24. The van der Waals surface area contributed by atoms with Crippen LogP contribution in [0.4, 0.5) is 5.69 Å². The summed E-state index contributed by atoms with van der Waals surface area (Å²) in [5, 5.41) is 5.74. The van der Waals surface area contributed by atoms with E-state index in [9.17, 15) is 9.59 Å². The van der Waals surface area contributed by atoms with E-state index in [0.29, 0.717) is 12.3 Å². The van der Waals surface area contributed by atoms with Gasteiger partial charge in [0.15, 0.2) is 0 Å². The highest BCUT2D eigenvalue weighted by Crippen LogP contribution is 2.18. The second-order valence-electron chi connectivity index (χ2n) is 7.74. The van der Waals surface area contributed by atoms with Gasteiger partial charge in [-0.1, -0.05) is 74.5 Å². The van der Waals surface area contributed by atoms with Crippen LogP contribution in [0.2, 0.25) is 0 Å². The lowest BCUT2D eigenvalue weighted by atomic mass is 10.0. The van der Waals surface area contributed by atoms with Gasteiger partial charge in [0.2, 0.25) is 11.8 Å². The van der Waals surface area contributed by atoms with Crippen molar-refractivity contribution in [2.45, 2.75) is 32.9 Å². The van der Waals surface area contributed by atoms with Crippen LogP contribution in [-0.2, 0) is 22.6 Å². The van der Waals surface area contributed by atoms with Crippen LogP contribution >= 0.6 is 0 Å². The summed E-state index contributed by atoms with van der Waals surface area (Å²) in [6.45, 7) is 4.30. The van der Waals surface area contributed by atoms with Crippen molar-refractivity contribution in [2.24, 2.45) is 5.92 Å². The highest BCUT2D eigenvalue weighted by molar-refractivity contribution is 5.97. The Kier molecular flexibility index (Phi) is 7.82. The fourth-order valence-corrected chi connectivity index (χ4v) is 3.14. The number of hydrogen-bond acceptors (Lipinski definition) is 3. The first kappa shape index (κ1) is 22.1. The molecule has 0 aliphatic rings. The molecule has 2 N–H and O–H groups in total. The molecule has 0 heterocycles. The van der Waals surface area contributed by atoms with Crippen molar-refractivity contribution in [3.63, 3.8) is 0 Å². The summed E-state index contributed by atoms with van der Waals surface area (Å²) < 4.78 is 5.78. The van der Waals surface area contributed by atoms with Gasteiger partial charge in [-0.05, 0) is 41.3 Å². The second kappa shape index (κ2) is 11.0. The van der Waals surface area contributed by atoms with Crippen LogP contribution in [0, 0.1) is 5.92 Å². The van der Waals surface area contributed by atoms with Crippen LogP contribution in [0.3, 0.4) is 0 Å². The third-order valence-corrected chi connectivity index (χ3v) is 4.84. The molecule has 0 saturated heterocycles. The molecule has 0 aliphatic heterocycles. The summed E-state index contributed by atoms with van der Waals surface area (Å²) in [4.78, 5) is 25.2. The molecule has 0 unspecified atom stereocenters. The molecule has 0 saturated carbocycles. The van der Waals surface area contributed by atoms with Gasteiger partial charge in [0.1, 0.15) is 18.4 Å². The van der Waals surface area contributed by atoms with Gasteiger partial charge >= 0.3 is 0 Å². The smallest absolute Gasteiger partial charge is 0.247 e. The van der Waals surface area contributed by atoms with Crippen LogP contribution in [-0.4, -0.2) is 17.9 Å². The molecule has 1 atom stereocenters. The van der Waals surface area contributed by atoms with E-state index in [2.05, 4.69) is 10.6 Å². The maximum absolute atomic E-state index is 12.8. The topological polar surface area (TPSA) is 67.4 Å². The van der Waals surface area contributed by atoms with E-state index < -0.39 is 6.04 Å². The Morgan fingerprint density at radius 1 is 0.806 bits per heavy atom. The minimum atomic E-state index is -0.620. The van der Waals surface area contributed by atoms with Crippen LogP contribution in [0.1, 0.15) is 25.0 Å². The van der Waals surface area contributed by atoms with E-state index in [1.54, 1.807) is 12.1 Å². The van der Waals surface area contributed by atoms with Gasteiger partial charge in [-0.3, -0.25) is 9.59 Å². The maximum atomic E-state index is 12.8. The van der Waals surface area contributed by atoms with Gasteiger partial charge in [0.05, 0.1) is 6.42 Å². The van der Waals surface area contributed by atoms with Gasteiger partial charge in [-0.15, -0.1) is 0 Å². The number of carbonyl (C=O) groups is 2. The SMILES string of the molecule is CC(C)[C@@H](NC(=O)Cc1ccccc1)C(=O)Nc1ccc(OCc2ccccc2)cc1. The Morgan fingerprint density at radius 2 is 1.39 bits per heavy atom. The van der Waals surface area contributed by atoms with Crippen molar-refractivity contribution in [2.75, 3.05) is 5.32 Å². The summed E-state index contributed by atoms with van der Waals surface area (Å²) in [5.74, 6) is 0.255. The zero-order valence-corrected chi connectivity index (χ0v) is 17.9. The highest BCUT2D eigenvalue weighted by atomic mass is 16.5. The first-order valence-corrected chi connectivity index (χ1v) is 10.4. The van der Waals surface area contributed by atoms with Crippen LogP contribution < -0.4 is 15.4 Å². The normalized spacial score (nSPS) is 11.6. The molecule has 160 valence electrons. The van der Waals surface area contributed by atoms with Gasteiger partial charge < -0.3 is 15.4 Å². The van der Waals surface area contributed by atoms with Crippen molar-refractivity contribution in [1.82, 2.24) is 5.32 Å². The van der Waals surface area contributed by atoms with Gasteiger partial charge in [0.25, 0.3) is 0 Å². The molecule has 0 radical (unpaired) electrons. The average Bonchev–Trinajstić information content (AvgIpc) is 2.78. The summed E-state index contributed by atoms with van der Waals surface area (Å²) >= 11 is 0. The molecule has 0 fully saturated rings. The number of nitrogens with one attached hydrogen (secondary N) is 2. The Labute approximate surface area is 183 Å². The van der Waals surface area contributed by atoms with Crippen LogP contribution in [0.15, 0.2) is 84.9 Å². The van der Waals surface area contributed by atoms with E-state index >= 15 is 0 Å². The Balaban J connectivity index is 1.54. The van der Waals surface area contributed by atoms with Crippen molar-refractivity contribution >= 4 is 17.5 Å². The third-order valence-electron chi connectivity index (χ3n) is 4.84. The summed E-state index contributed by atoms with van der Waals surface area (Å²) in [6, 6.07) is 26.0. The van der Waals surface area contributed by atoms with E-state index in [1.165, 1.54) is 0 Å². The largest absolute Gasteiger partial charge is 0.489 e. The first-order chi connectivity index (χ1) is 15.0. The molecule has 0 spiro atoms. The molecule has 0 aromatic heterocycles. The number of rotatable bonds is 9. The quantitative estimate of drug-likeness (QED) is 0.536. The predicted octanol–water partition coefficient (Wildman–Crippen LogP) is 4.59. The lowest BCUT2D eigenvalue weighted by Gasteiger charge is -2.22. The standard InChI is InChI=1S/C26H28N2O3/c1-19(2)25(28-24(29)17-20-9-5-3-6-10-20)26(30)27-22-13-15-23(16-14-22)31-18-21-11-7-4-8-12-21/h3-16,19,25H,17-18H2,1-2H3,(H,27,30)(H,28,29)/t25-/m1/s1. The molecule has 3 rings (SSSR count). The fourth-order valence-electron chi connectivity index (χ4n) is 3.14. The Bertz CT molecular complexity index is 971. The zero-order chi connectivity index (χ0) is 22.1. The summed E-state index contributed by atoms with van der Waals surface area (Å²) in [5.41, 5.74) is 2.65. The first-order valence-electron chi connectivity index (χ1n) is 10.4. The number of carbonyl (C=O) groups excluding carboxylic acids is 2. The van der Waals surface area contributed by atoms with E-state index in [-0.39, 0.29) is 24.2 Å². The fraction of sp³-hybridized carbons (Fsp3) is 0.231. The lowest BCUT2D eigenvalue weighted by molar-refractivity contribution is -0.127. The molecule has 0 bridgehead atoms. The zero-order valence-electron chi connectivity index (χ0n) is 17.9. The minimum absolute atomic E-state index is 0.0480. The molecule has 3 aromatic carbocycles. The third kappa shape index (κ3) is 7.00. The average molecular weight is 417 g/mol. The second-order valence-corrected chi connectivity index (χ2v) is 7.74. The molecule has 5 nitrogen and oxygen atoms in total. The summed E-state index contributed by atoms with van der Waals surface area (Å²) in [6.07, 6.45) is 0.241. The monoisotopic (exact) mass is 416 g/mol. The number of benzene rings is 3. The van der Waals surface area contributed by atoms with E-state index in [1.807, 2.05) is 86.6 Å². The van der Waals surface area contributed by atoms with Gasteiger partial charge in [0, 0.05) is 5.69 Å². The molecule has 0 aliphatic carbocycles. The molecule has 3 aromatic rings. The lowest BCUT2D eigenvalue weighted by Crippen LogP contribution is -2.47. The molecule has 2 amide bonds. The molecular weight excluding hydrogens is 388 g/mol. The number of amides is 2. The van der Waals surface area contributed by atoms with Gasteiger partial charge in [-0.2, -0.15) is 0 Å². The van der Waals surface area contributed by atoms with Crippen molar-refractivity contribution in [1.29, 1.82) is 0 Å². The molecule has 5 heteroatoms. The van der Waals surface area contributed by atoms with Crippen molar-refractivity contribution in [3.05, 3.63) is 96.1 Å². The number of anilines is 1. The van der Waals surface area contributed by atoms with Crippen molar-refractivity contribution < 1.29 is 14.3 Å². The molecular formula is C26H28N2O3.